The molecule has 1 fully saturated rings. The molecular formula is C23H24BrFN4O5S. The Morgan fingerprint density at radius 2 is 2.14 bits per heavy atom. The molecule has 0 saturated heterocycles. The number of hydrogen-bond donors (Lipinski definition) is 2. The minimum absolute atomic E-state index is 0.0951. The molecule has 0 aliphatic heterocycles. The molecule has 1 aliphatic carbocycles. The van der Waals surface area contributed by atoms with Crippen LogP contribution in [0, 0.1) is 12.8 Å². The SMILES string of the molecule is Cc1oc(C(=O)c2cncnc2N[C@@H]2C[C@H](COS(N)(=O)=O)C[C@@H]2F)cc1Cc1cccc(Br)c1. The molecule has 1 saturated carbocycles. The number of nitrogens with one attached hydrogen (secondary N) is 1. The molecule has 0 radical (unpaired) electrons. The minimum atomic E-state index is -4.10. The summed E-state index contributed by atoms with van der Waals surface area (Å²) >= 11 is 3.46. The molecule has 9 nitrogen and oxygen atoms in total. The van der Waals surface area contributed by atoms with Crippen molar-refractivity contribution in [3.63, 3.8) is 0 Å². The molecule has 3 aromatic rings. The van der Waals surface area contributed by atoms with Crippen molar-refractivity contribution in [3.8, 4) is 0 Å². The number of carbonyl (C=O) groups is 1. The van der Waals surface area contributed by atoms with Gasteiger partial charge in [-0.3, -0.25) is 8.98 Å². The van der Waals surface area contributed by atoms with Gasteiger partial charge < -0.3 is 9.73 Å². The Bertz CT molecular complexity index is 1330. The predicted molar refractivity (Wildman–Crippen MR) is 130 cm³/mol. The molecule has 1 aromatic carbocycles. The number of anilines is 1. The molecule has 3 N–H and O–H groups in total. The molecule has 0 spiro atoms. The van der Waals surface area contributed by atoms with Gasteiger partial charge in [0, 0.05) is 17.1 Å². The summed E-state index contributed by atoms with van der Waals surface area (Å²) < 4.78 is 48.0. The third kappa shape index (κ3) is 6.51. The van der Waals surface area contributed by atoms with Crippen LogP contribution in [0.4, 0.5) is 10.2 Å². The summed E-state index contributed by atoms with van der Waals surface area (Å²) in [6, 6.07) is 8.87. The topological polar surface area (TPSA) is 137 Å². The lowest BCUT2D eigenvalue weighted by molar-refractivity contribution is 0.101. The van der Waals surface area contributed by atoms with Gasteiger partial charge in [-0.05, 0) is 55.0 Å². The number of halogens is 2. The smallest absolute Gasteiger partial charge is 0.333 e. The maximum Gasteiger partial charge on any atom is 0.333 e. The largest absolute Gasteiger partial charge is 0.458 e. The van der Waals surface area contributed by atoms with Crippen LogP contribution in [-0.2, 0) is 20.9 Å². The predicted octanol–water partition coefficient (Wildman–Crippen LogP) is 3.71. The van der Waals surface area contributed by atoms with Crippen LogP contribution in [0.1, 0.15) is 45.8 Å². The van der Waals surface area contributed by atoms with Gasteiger partial charge in [0.15, 0.2) is 5.76 Å². The highest BCUT2D eigenvalue weighted by Gasteiger charge is 2.36. The zero-order valence-electron chi connectivity index (χ0n) is 18.8. The zero-order valence-corrected chi connectivity index (χ0v) is 21.2. The molecule has 12 heteroatoms. The van der Waals surface area contributed by atoms with Crippen LogP contribution in [0.5, 0.6) is 0 Å². The number of hydrogen-bond acceptors (Lipinski definition) is 8. The first-order chi connectivity index (χ1) is 16.6. The lowest BCUT2D eigenvalue weighted by atomic mass is 10.0. The fourth-order valence-corrected chi connectivity index (χ4v) is 4.98. The van der Waals surface area contributed by atoms with E-state index in [1.54, 1.807) is 13.0 Å². The van der Waals surface area contributed by atoms with Crippen molar-refractivity contribution in [1.82, 2.24) is 9.97 Å². The fourth-order valence-electron chi connectivity index (χ4n) is 4.16. The van der Waals surface area contributed by atoms with Gasteiger partial charge in [-0.1, -0.05) is 28.1 Å². The second kappa shape index (κ2) is 10.5. The highest BCUT2D eigenvalue weighted by atomic mass is 79.9. The van der Waals surface area contributed by atoms with Gasteiger partial charge in [0.1, 0.15) is 24.1 Å². The summed E-state index contributed by atoms with van der Waals surface area (Å²) in [6.07, 6.45) is 2.29. The second-order valence-electron chi connectivity index (χ2n) is 8.49. The van der Waals surface area contributed by atoms with E-state index in [-0.39, 0.29) is 42.5 Å². The lowest BCUT2D eigenvalue weighted by Gasteiger charge is -2.17. The van der Waals surface area contributed by atoms with Crippen LogP contribution in [0.2, 0.25) is 0 Å². The molecule has 4 rings (SSSR count). The van der Waals surface area contributed by atoms with Gasteiger partial charge in [-0.2, -0.15) is 8.42 Å². The molecule has 0 amide bonds. The Morgan fingerprint density at radius 1 is 1.34 bits per heavy atom. The zero-order chi connectivity index (χ0) is 25.2. The Morgan fingerprint density at radius 3 is 2.89 bits per heavy atom. The van der Waals surface area contributed by atoms with Gasteiger partial charge in [0.2, 0.25) is 5.78 Å². The van der Waals surface area contributed by atoms with Crippen LogP contribution < -0.4 is 10.5 Å². The average molecular weight is 567 g/mol. The van der Waals surface area contributed by atoms with Gasteiger partial charge in [0.25, 0.3) is 0 Å². The molecule has 186 valence electrons. The van der Waals surface area contributed by atoms with Gasteiger partial charge >= 0.3 is 10.3 Å². The molecule has 2 aromatic heterocycles. The Hall–Kier alpha value is -2.67. The first kappa shape index (κ1) is 25.4. The van der Waals surface area contributed by atoms with Crippen molar-refractivity contribution in [2.45, 2.75) is 38.4 Å². The molecular weight excluding hydrogens is 543 g/mol. The Balaban J connectivity index is 1.49. The number of alkyl halides is 1. The van der Waals surface area contributed by atoms with Crippen molar-refractivity contribution in [2.75, 3.05) is 11.9 Å². The molecule has 0 bridgehead atoms. The van der Waals surface area contributed by atoms with E-state index in [0.29, 0.717) is 12.2 Å². The molecule has 2 heterocycles. The van der Waals surface area contributed by atoms with E-state index in [1.165, 1.54) is 12.5 Å². The number of nitrogens with two attached hydrogens (primary N) is 1. The summed E-state index contributed by atoms with van der Waals surface area (Å²) in [6.45, 7) is 1.58. The van der Waals surface area contributed by atoms with Gasteiger partial charge in [-0.25, -0.2) is 19.5 Å². The number of benzene rings is 1. The third-order valence-corrected chi connectivity index (χ3v) is 6.82. The van der Waals surface area contributed by atoms with E-state index in [9.17, 15) is 17.6 Å². The number of aryl methyl sites for hydroxylation is 1. The van der Waals surface area contributed by atoms with Crippen molar-refractivity contribution >= 4 is 37.8 Å². The number of nitrogens with zero attached hydrogens (tertiary/aromatic N) is 2. The summed E-state index contributed by atoms with van der Waals surface area (Å²) in [5.74, 6) is 0.146. The fraction of sp³-hybridized carbons (Fsp3) is 0.348. The number of ketones is 1. The van der Waals surface area contributed by atoms with Crippen LogP contribution in [0.25, 0.3) is 0 Å². The van der Waals surface area contributed by atoms with E-state index >= 15 is 0 Å². The van der Waals surface area contributed by atoms with Crippen molar-refractivity contribution in [1.29, 1.82) is 0 Å². The maximum absolute atomic E-state index is 14.6. The average Bonchev–Trinajstić information content (AvgIpc) is 3.34. The quantitative estimate of drug-likeness (QED) is 0.374. The summed E-state index contributed by atoms with van der Waals surface area (Å²) in [5, 5.41) is 7.83. The van der Waals surface area contributed by atoms with Crippen LogP contribution in [-0.4, -0.2) is 43.0 Å². The number of aromatic nitrogens is 2. The standard InChI is InChI=1S/C23H24BrFN4O5S/c1-13-16(5-14-3-2-4-17(24)6-14)9-21(34-13)22(30)18-10-27-12-28-23(18)29-20-8-15(7-19(20)25)11-33-35(26,31)32/h2-4,6,9-10,12,15,19-20H,5,7-8,11H2,1H3,(H2,26,31,32)(H,27,28,29)/t15-,19+,20-/m1/s1. The van der Waals surface area contributed by atoms with Crippen molar-refractivity contribution < 1.29 is 26.2 Å². The lowest BCUT2D eigenvalue weighted by Crippen LogP contribution is -2.27. The van der Waals surface area contributed by atoms with Crippen LogP contribution in [0.3, 0.4) is 0 Å². The summed E-state index contributed by atoms with van der Waals surface area (Å²) in [5.41, 5.74) is 2.07. The Kier molecular flexibility index (Phi) is 7.64. The summed E-state index contributed by atoms with van der Waals surface area (Å²) in [4.78, 5) is 21.3. The van der Waals surface area contributed by atoms with Crippen molar-refractivity contribution in [2.24, 2.45) is 11.1 Å². The van der Waals surface area contributed by atoms with Gasteiger partial charge in [0.05, 0.1) is 18.2 Å². The molecule has 0 unspecified atom stereocenters. The number of furan rings is 1. The minimum Gasteiger partial charge on any atom is -0.458 e. The molecule has 1 aliphatic rings. The summed E-state index contributed by atoms with van der Waals surface area (Å²) in [7, 11) is -4.10. The monoisotopic (exact) mass is 566 g/mol. The third-order valence-electron chi connectivity index (χ3n) is 5.86. The normalized spacial score (nSPS) is 20.2. The Labute approximate surface area is 210 Å². The van der Waals surface area contributed by atoms with E-state index in [0.717, 1.165) is 15.6 Å². The first-order valence-corrected chi connectivity index (χ1v) is 13.1. The van der Waals surface area contributed by atoms with Crippen molar-refractivity contribution in [3.05, 3.63) is 75.5 Å². The van der Waals surface area contributed by atoms with Crippen LogP contribution in [0.15, 0.2) is 51.7 Å². The van der Waals surface area contributed by atoms with E-state index in [1.807, 2.05) is 24.3 Å². The molecule has 3 atom stereocenters. The van der Waals surface area contributed by atoms with E-state index in [2.05, 4.69) is 35.4 Å². The van der Waals surface area contributed by atoms with Crippen LogP contribution >= 0.6 is 15.9 Å². The number of carbonyl (C=O) groups excluding carboxylic acids is 1. The number of rotatable bonds is 9. The van der Waals surface area contributed by atoms with E-state index < -0.39 is 28.3 Å². The van der Waals surface area contributed by atoms with E-state index in [4.69, 9.17) is 9.56 Å². The first-order valence-electron chi connectivity index (χ1n) is 10.8. The highest BCUT2D eigenvalue weighted by Crippen LogP contribution is 2.32. The van der Waals surface area contributed by atoms with Gasteiger partial charge in [-0.15, -0.1) is 0 Å². The second-order valence-corrected chi connectivity index (χ2v) is 10.6. The maximum atomic E-state index is 14.6. The molecule has 35 heavy (non-hydrogen) atoms. The highest BCUT2D eigenvalue weighted by molar-refractivity contribution is 9.10.